The Kier molecular flexibility index (Phi) is 4.91. The maximum absolute atomic E-state index is 12.0. The molecule has 110 valence electrons. The van der Waals surface area contributed by atoms with Gasteiger partial charge in [0.2, 0.25) is 5.91 Å². The number of nitrogen functional groups attached to an aromatic ring is 1. The van der Waals surface area contributed by atoms with Gasteiger partial charge in [0.05, 0.1) is 5.75 Å². The zero-order valence-electron chi connectivity index (χ0n) is 12.6. The molecule has 3 N–H and O–H groups in total. The highest BCUT2D eigenvalue weighted by Gasteiger charge is 2.06. The number of hydrogen-bond acceptors (Lipinski definition) is 3. The fourth-order valence-corrected chi connectivity index (χ4v) is 2.83. The summed E-state index contributed by atoms with van der Waals surface area (Å²) in [5.41, 5.74) is 10.7. The summed E-state index contributed by atoms with van der Waals surface area (Å²) in [4.78, 5) is 13.1. The second-order valence-electron chi connectivity index (χ2n) is 5.18. The quantitative estimate of drug-likeness (QED) is 0.664. The molecule has 0 aromatic heterocycles. The van der Waals surface area contributed by atoms with Crippen molar-refractivity contribution < 1.29 is 4.79 Å². The molecule has 2 rings (SSSR count). The summed E-state index contributed by atoms with van der Waals surface area (Å²) in [5.74, 6) is 0.362. The number of rotatable bonds is 4. The maximum Gasteiger partial charge on any atom is 0.234 e. The predicted octanol–water partition coefficient (Wildman–Crippen LogP) is 3.92. The van der Waals surface area contributed by atoms with Crippen molar-refractivity contribution in [2.75, 3.05) is 16.8 Å². The van der Waals surface area contributed by atoms with Crippen LogP contribution >= 0.6 is 11.8 Å². The van der Waals surface area contributed by atoms with E-state index in [1.165, 1.54) is 11.1 Å². The van der Waals surface area contributed by atoms with Crippen LogP contribution in [-0.2, 0) is 4.79 Å². The summed E-state index contributed by atoms with van der Waals surface area (Å²) < 4.78 is 0. The number of anilines is 2. The van der Waals surface area contributed by atoms with E-state index in [1.54, 1.807) is 17.8 Å². The summed E-state index contributed by atoms with van der Waals surface area (Å²) >= 11 is 1.55. The van der Waals surface area contributed by atoms with Gasteiger partial charge in [-0.15, -0.1) is 11.8 Å². The third-order valence-corrected chi connectivity index (χ3v) is 4.43. The van der Waals surface area contributed by atoms with E-state index >= 15 is 0 Å². The molecule has 0 heterocycles. The van der Waals surface area contributed by atoms with Crippen LogP contribution in [0.3, 0.4) is 0 Å². The number of aryl methyl sites for hydroxylation is 3. The van der Waals surface area contributed by atoms with Crippen LogP contribution in [0.5, 0.6) is 0 Å². The lowest BCUT2D eigenvalue weighted by molar-refractivity contribution is -0.113. The molecule has 0 saturated carbocycles. The molecular formula is C17H20N2OS. The van der Waals surface area contributed by atoms with Crippen molar-refractivity contribution in [3.63, 3.8) is 0 Å². The van der Waals surface area contributed by atoms with E-state index in [1.807, 2.05) is 19.1 Å². The lowest BCUT2D eigenvalue weighted by Gasteiger charge is -2.09. The molecule has 2 aromatic rings. The van der Waals surface area contributed by atoms with Crippen molar-refractivity contribution in [3.8, 4) is 0 Å². The number of carbonyl (C=O) groups excluding carboxylic acids is 1. The molecular weight excluding hydrogens is 280 g/mol. The molecule has 4 heteroatoms. The van der Waals surface area contributed by atoms with Gasteiger partial charge in [0, 0.05) is 16.3 Å². The van der Waals surface area contributed by atoms with Gasteiger partial charge < -0.3 is 11.1 Å². The Bertz CT molecular complexity index is 668. The Morgan fingerprint density at radius 2 is 1.86 bits per heavy atom. The number of amides is 1. The van der Waals surface area contributed by atoms with Crippen LogP contribution in [0, 0.1) is 20.8 Å². The zero-order valence-corrected chi connectivity index (χ0v) is 13.4. The lowest BCUT2D eigenvalue weighted by atomic mass is 10.2. The van der Waals surface area contributed by atoms with E-state index < -0.39 is 0 Å². The summed E-state index contributed by atoms with van der Waals surface area (Å²) in [6, 6.07) is 11.8. The number of benzene rings is 2. The Morgan fingerprint density at radius 3 is 2.52 bits per heavy atom. The first-order chi connectivity index (χ1) is 9.95. The minimum atomic E-state index is -0.0248. The van der Waals surface area contributed by atoms with Crippen LogP contribution in [0.4, 0.5) is 11.4 Å². The van der Waals surface area contributed by atoms with E-state index in [0.717, 1.165) is 16.1 Å². The molecule has 0 unspecified atom stereocenters. The Morgan fingerprint density at radius 1 is 1.10 bits per heavy atom. The normalized spacial score (nSPS) is 10.4. The first kappa shape index (κ1) is 15.4. The van der Waals surface area contributed by atoms with Crippen LogP contribution in [-0.4, -0.2) is 11.7 Å². The SMILES string of the molecule is Cc1ccc(SCC(=O)Nc2ccc(C)c(N)c2)c(C)c1. The molecule has 1 amide bonds. The second kappa shape index (κ2) is 6.68. The average Bonchev–Trinajstić information content (AvgIpc) is 2.42. The van der Waals surface area contributed by atoms with Crippen LogP contribution in [0.15, 0.2) is 41.3 Å². The van der Waals surface area contributed by atoms with E-state index in [0.29, 0.717) is 11.4 Å². The Balaban J connectivity index is 1.94. The van der Waals surface area contributed by atoms with Crippen LogP contribution in [0.25, 0.3) is 0 Å². The van der Waals surface area contributed by atoms with Crippen molar-refractivity contribution in [2.24, 2.45) is 0 Å². The van der Waals surface area contributed by atoms with Gasteiger partial charge in [-0.3, -0.25) is 4.79 Å². The van der Waals surface area contributed by atoms with Gasteiger partial charge in [-0.05, 0) is 50.1 Å². The fourth-order valence-electron chi connectivity index (χ4n) is 2.02. The van der Waals surface area contributed by atoms with Crippen LogP contribution in [0.2, 0.25) is 0 Å². The predicted molar refractivity (Wildman–Crippen MR) is 90.9 cm³/mol. The Labute approximate surface area is 129 Å². The van der Waals surface area contributed by atoms with Gasteiger partial charge in [0.15, 0.2) is 0 Å². The molecule has 0 saturated heterocycles. The molecule has 0 bridgehead atoms. The third kappa shape index (κ3) is 4.26. The fraction of sp³-hybridized carbons (Fsp3) is 0.235. The van der Waals surface area contributed by atoms with Gasteiger partial charge in [0.1, 0.15) is 0 Å². The largest absolute Gasteiger partial charge is 0.398 e. The molecule has 2 aromatic carbocycles. The van der Waals surface area contributed by atoms with Gasteiger partial charge in [-0.2, -0.15) is 0 Å². The highest BCUT2D eigenvalue weighted by Crippen LogP contribution is 2.23. The summed E-state index contributed by atoms with van der Waals surface area (Å²) in [6.07, 6.45) is 0. The number of nitrogens with two attached hydrogens (primary N) is 1. The van der Waals surface area contributed by atoms with Crippen molar-refractivity contribution in [3.05, 3.63) is 53.1 Å². The van der Waals surface area contributed by atoms with Gasteiger partial charge in [-0.1, -0.05) is 23.8 Å². The van der Waals surface area contributed by atoms with E-state index in [4.69, 9.17) is 5.73 Å². The topological polar surface area (TPSA) is 55.1 Å². The summed E-state index contributed by atoms with van der Waals surface area (Å²) in [7, 11) is 0. The Hall–Kier alpha value is -1.94. The first-order valence-electron chi connectivity index (χ1n) is 6.82. The number of hydrogen-bond donors (Lipinski definition) is 2. The van der Waals surface area contributed by atoms with Crippen LogP contribution < -0.4 is 11.1 Å². The van der Waals surface area contributed by atoms with Gasteiger partial charge in [-0.25, -0.2) is 0 Å². The molecule has 0 aliphatic carbocycles. The average molecular weight is 300 g/mol. The molecule has 21 heavy (non-hydrogen) atoms. The van der Waals surface area contributed by atoms with E-state index in [2.05, 4.69) is 37.4 Å². The van der Waals surface area contributed by atoms with E-state index in [-0.39, 0.29) is 5.91 Å². The number of nitrogens with one attached hydrogen (secondary N) is 1. The third-order valence-electron chi connectivity index (χ3n) is 3.25. The minimum absolute atomic E-state index is 0.0248. The second-order valence-corrected chi connectivity index (χ2v) is 6.19. The smallest absolute Gasteiger partial charge is 0.234 e. The molecule has 0 fully saturated rings. The van der Waals surface area contributed by atoms with Crippen molar-refractivity contribution in [1.82, 2.24) is 0 Å². The monoisotopic (exact) mass is 300 g/mol. The first-order valence-corrected chi connectivity index (χ1v) is 7.80. The van der Waals surface area contributed by atoms with Crippen molar-refractivity contribution in [2.45, 2.75) is 25.7 Å². The molecule has 3 nitrogen and oxygen atoms in total. The van der Waals surface area contributed by atoms with Gasteiger partial charge >= 0.3 is 0 Å². The van der Waals surface area contributed by atoms with Crippen molar-refractivity contribution in [1.29, 1.82) is 0 Å². The van der Waals surface area contributed by atoms with E-state index in [9.17, 15) is 4.79 Å². The van der Waals surface area contributed by atoms with Crippen molar-refractivity contribution >= 4 is 29.0 Å². The number of thioether (sulfide) groups is 1. The molecule has 0 aliphatic rings. The highest BCUT2D eigenvalue weighted by molar-refractivity contribution is 8.00. The minimum Gasteiger partial charge on any atom is -0.398 e. The highest BCUT2D eigenvalue weighted by atomic mass is 32.2. The number of carbonyl (C=O) groups is 1. The zero-order chi connectivity index (χ0) is 15.4. The maximum atomic E-state index is 12.0. The standard InChI is InChI=1S/C17H20N2OS/c1-11-4-7-16(13(3)8-11)21-10-17(20)19-14-6-5-12(2)15(18)9-14/h4-9H,10,18H2,1-3H3,(H,19,20). The lowest BCUT2D eigenvalue weighted by Crippen LogP contribution is -2.14. The van der Waals surface area contributed by atoms with Crippen LogP contribution in [0.1, 0.15) is 16.7 Å². The molecule has 0 spiro atoms. The molecule has 0 radical (unpaired) electrons. The van der Waals surface area contributed by atoms with Gasteiger partial charge in [0.25, 0.3) is 0 Å². The molecule has 0 aliphatic heterocycles. The summed E-state index contributed by atoms with van der Waals surface area (Å²) in [6.45, 7) is 6.07. The molecule has 0 atom stereocenters. The summed E-state index contributed by atoms with van der Waals surface area (Å²) in [5, 5.41) is 2.87.